The summed E-state index contributed by atoms with van der Waals surface area (Å²) >= 11 is 0. The van der Waals surface area contributed by atoms with Crippen LogP contribution in [0, 0.1) is 0 Å². The standard InChI is InChI=1S/C23H29N3O3/c1-5-16(3)18-7-9-19(10-8-18)28-15-20-11-12-22(29-20)23(27)25-17(4)21-13-14-24-26(21)6-2/h7-14,16-17H,5-6,15H2,1-4H3,(H,25,27). The molecule has 0 spiro atoms. The number of nitrogens with one attached hydrogen (secondary N) is 1. The molecule has 1 N–H and O–H groups in total. The molecule has 0 saturated carbocycles. The van der Waals surface area contributed by atoms with Crippen molar-refractivity contribution in [1.82, 2.24) is 15.1 Å². The van der Waals surface area contributed by atoms with Gasteiger partial charge in [-0.1, -0.05) is 26.0 Å². The molecule has 0 aliphatic rings. The summed E-state index contributed by atoms with van der Waals surface area (Å²) in [6.45, 7) is 9.36. The molecule has 0 saturated heterocycles. The van der Waals surface area contributed by atoms with Gasteiger partial charge in [-0.05, 0) is 62.1 Å². The summed E-state index contributed by atoms with van der Waals surface area (Å²) in [6, 6.07) is 13.3. The molecule has 2 unspecified atom stereocenters. The van der Waals surface area contributed by atoms with Gasteiger partial charge in [0, 0.05) is 12.7 Å². The predicted octanol–water partition coefficient (Wildman–Crippen LogP) is 5.08. The van der Waals surface area contributed by atoms with Gasteiger partial charge in [0.1, 0.15) is 18.1 Å². The number of aromatic nitrogens is 2. The predicted molar refractivity (Wildman–Crippen MR) is 112 cm³/mol. The molecule has 2 aromatic heterocycles. The van der Waals surface area contributed by atoms with Crippen LogP contribution in [0.1, 0.15) is 73.6 Å². The number of carbonyl (C=O) groups excluding carboxylic acids is 1. The Morgan fingerprint density at radius 2 is 1.90 bits per heavy atom. The minimum Gasteiger partial charge on any atom is -0.486 e. The van der Waals surface area contributed by atoms with Crippen molar-refractivity contribution in [2.24, 2.45) is 0 Å². The molecule has 0 fully saturated rings. The molecule has 3 rings (SSSR count). The van der Waals surface area contributed by atoms with Crippen LogP contribution in [0.5, 0.6) is 5.75 Å². The Labute approximate surface area is 171 Å². The molecule has 0 aliphatic heterocycles. The summed E-state index contributed by atoms with van der Waals surface area (Å²) in [4.78, 5) is 12.5. The summed E-state index contributed by atoms with van der Waals surface area (Å²) in [7, 11) is 0. The fraction of sp³-hybridized carbons (Fsp3) is 0.391. The van der Waals surface area contributed by atoms with Gasteiger partial charge in [-0.3, -0.25) is 9.48 Å². The number of hydrogen-bond donors (Lipinski definition) is 1. The first-order valence-electron chi connectivity index (χ1n) is 10.2. The minimum absolute atomic E-state index is 0.168. The Morgan fingerprint density at radius 3 is 2.59 bits per heavy atom. The third kappa shape index (κ3) is 5.08. The molecule has 29 heavy (non-hydrogen) atoms. The number of benzene rings is 1. The van der Waals surface area contributed by atoms with E-state index in [-0.39, 0.29) is 24.3 Å². The first-order valence-corrected chi connectivity index (χ1v) is 10.2. The SMILES string of the molecule is CCC(C)c1ccc(OCc2ccc(C(=O)NC(C)c3ccnn3CC)o2)cc1. The van der Waals surface area contributed by atoms with Gasteiger partial charge in [0.05, 0.1) is 11.7 Å². The number of carbonyl (C=O) groups is 1. The topological polar surface area (TPSA) is 69.3 Å². The fourth-order valence-electron chi connectivity index (χ4n) is 3.18. The number of aryl methyl sites for hydroxylation is 1. The second-order valence-corrected chi connectivity index (χ2v) is 7.20. The van der Waals surface area contributed by atoms with E-state index < -0.39 is 0 Å². The third-order valence-corrected chi connectivity index (χ3v) is 5.17. The largest absolute Gasteiger partial charge is 0.486 e. The summed E-state index contributed by atoms with van der Waals surface area (Å²) in [5.74, 6) is 1.93. The Hall–Kier alpha value is -3.02. The van der Waals surface area contributed by atoms with Gasteiger partial charge in [-0.15, -0.1) is 0 Å². The number of nitrogens with zero attached hydrogens (tertiary/aromatic N) is 2. The Morgan fingerprint density at radius 1 is 1.14 bits per heavy atom. The molecule has 0 radical (unpaired) electrons. The van der Waals surface area contributed by atoms with Gasteiger partial charge in [0.25, 0.3) is 5.91 Å². The smallest absolute Gasteiger partial charge is 0.287 e. The number of hydrogen-bond acceptors (Lipinski definition) is 4. The fourth-order valence-corrected chi connectivity index (χ4v) is 3.18. The second-order valence-electron chi connectivity index (χ2n) is 7.20. The van der Waals surface area contributed by atoms with Crippen LogP contribution < -0.4 is 10.1 Å². The lowest BCUT2D eigenvalue weighted by molar-refractivity contribution is 0.0906. The number of ether oxygens (including phenoxy) is 1. The van der Waals surface area contributed by atoms with Gasteiger partial charge < -0.3 is 14.5 Å². The molecule has 2 atom stereocenters. The van der Waals surface area contributed by atoms with Crippen molar-refractivity contribution in [1.29, 1.82) is 0 Å². The lowest BCUT2D eigenvalue weighted by Crippen LogP contribution is -2.28. The molecule has 6 nitrogen and oxygen atoms in total. The van der Waals surface area contributed by atoms with E-state index in [9.17, 15) is 4.79 Å². The highest BCUT2D eigenvalue weighted by atomic mass is 16.5. The Balaban J connectivity index is 1.55. The van der Waals surface area contributed by atoms with E-state index >= 15 is 0 Å². The van der Waals surface area contributed by atoms with Crippen molar-refractivity contribution in [2.45, 2.75) is 59.2 Å². The maximum atomic E-state index is 12.5. The zero-order chi connectivity index (χ0) is 20.8. The van der Waals surface area contributed by atoms with Gasteiger partial charge in [0.2, 0.25) is 0 Å². The van der Waals surface area contributed by atoms with Crippen molar-refractivity contribution >= 4 is 5.91 Å². The van der Waals surface area contributed by atoms with Gasteiger partial charge in [-0.25, -0.2) is 0 Å². The van der Waals surface area contributed by atoms with Gasteiger partial charge in [0.15, 0.2) is 5.76 Å². The van der Waals surface area contributed by atoms with Crippen LogP contribution in [0.4, 0.5) is 0 Å². The molecule has 154 valence electrons. The summed E-state index contributed by atoms with van der Waals surface area (Å²) < 4.78 is 13.3. The van der Waals surface area contributed by atoms with Gasteiger partial charge in [-0.2, -0.15) is 5.10 Å². The Bertz CT molecular complexity index is 927. The van der Waals surface area contributed by atoms with Crippen LogP contribution >= 0.6 is 0 Å². The zero-order valence-corrected chi connectivity index (χ0v) is 17.5. The molecule has 0 aliphatic carbocycles. The monoisotopic (exact) mass is 395 g/mol. The van der Waals surface area contributed by atoms with E-state index in [0.29, 0.717) is 11.7 Å². The number of rotatable bonds is 9. The van der Waals surface area contributed by atoms with Crippen LogP contribution in [0.2, 0.25) is 0 Å². The van der Waals surface area contributed by atoms with E-state index in [2.05, 4.69) is 36.4 Å². The molecule has 0 bridgehead atoms. The lowest BCUT2D eigenvalue weighted by Gasteiger charge is -2.14. The highest BCUT2D eigenvalue weighted by molar-refractivity contribution is 5.91. The molecular formula is C23H29N3O3. The Kier molecular flexibility index (Phi) is 6.75. The maximum Gasteiger partial charge on any atom is 0.287 e. The summed E-state index contributed by atoms with van der Waals surface area (Å²) in [5.41, 5.74) is 2.26. The molecule has 2 heterocycles. The average Bonchev–Trinajstić information content (AvgIpc) is 3.41. The highest BCUT2D eigenvalue weighted by Gasteiger charge is 2.17. The van der Waals surface area contributed by atoms with Crippen molar-refractivity contribution in [3.63, 3.8) is 0 Å². The van der Waals surface area contributed by atoms with E-state index in [1.807, 2.05) is 36.7 Å². The third-order valence-electron chi connectivity index (χ3n) is 5.17. The minimum atomic E-state index is -0.259. The second kappa shape index (κ2) is 9.45. The molecule has 3 aromatic rings. The van der Waals surface area contributed by atoms with Crippen LogP contribution in [0.15, 0.2) is 53.1 Å². The van der Waals surface area contributed by atoms with E-state index in [1.54, 1.807) is 18.3 Å². The van der Waals surface area contributed by atoms with Crippen LogP contribution in [0.25, 0.3) is 0 Å². The first kappa shape index (κ1) is 20.7. The highest BCUT2D eigenvalue weighted by Crippen LogP contribution is 2.22. The van der Waals surface area contributed by atoms with E-state index in [1.165, 1.54) is 5.56 Å². The molecule has 6 heteroatoms. The number of amides is 1. The van der Waals surface area contributed by atoms with Crippen molar-refractivity contribution in [3.05, 3.63) is 71.4 Å². The maximum absolute atomic E-state index is 12.5. The van der Waals surface area contributed by atoms with E-state index in [4.69, 9.17) is 9.15 Å². The number of furan rings is 1. The lowest BCUT2D eigenvalue weighted by atomic mass is 9.99. The van der Waals surface area contributed by atoms with Crippen molar-refractivity contribution in [3.8, 4) is 5.75 Å². The molecule has 1 aromatic carbocycles. The average molecular weight is 396 g/mol. The quantitative estimate of drug-likeness (QED) is 0.548. The summed E-state index contributed by atoms with van der Waals surface area (Å²) in [6.07, 6.45) is 2.84. The van der Waals surface area contributed by atoms with Crippen LogP contribution in [-0.2, 0) is 13.2 Å². The zero-order valence-electron chi connectivity index (χ0n) is 17.5. The van der Waals surface area contributed by atoms with E-state index in [0.717, 1.165) is 24.4 Å². The first-order chi connectivity index (χ1) is 14.0. The van der Waals surface area contributed by atoms with Gasteiger partial charge >= 0.3 is 0 Å². The normalized spacial score (nSPS) is 13.1. The van der Waals surface area contributed by atoms with Crippen LogP contribution in [0.3, 0.4) is 0 Å². The van der Waals surface area contributed by atoms with Crippen molar-refractivity contribution in [2.75, 3.05) is 0 Å². The van der Waals surface area contributed by atoms with Crippen LogP contribution in [-0.4, -0.2) is 15.7 Å². The summed E-state index contributed by atoms with van der Waals surface area (Å²) in [5, 5.41) is 7.19. The molecular weight excluding hydrogens is 366 g/mol. The molecule has 1 amide bonds. The van der Waals surface area contributed by atoms with Crippen molar-refractivity contribution < 1.29 is 13.9 Å².